The summed E-state index contributed by atoms with van der Waals surface area (Å²) in [6, 6.07) is 10.8. The highest BCUT2D eigenvalue weighted by molar-refractivity contribution is 7.99. The molecule has 1 saturated carbocycles. The van der Waals surface area contributed by atoms with E-state index >= 15 is 0 Å². The normalized spacial score (nSPS) is 20.4. The molecule has 0 bridgehead atoms. The van der Waals surface area contributed by atoms with E-state index in [1.165, 1.54) is 17.3 Å². The van der Waals surface area contributed by atoms with E-state index in [0.717, 1.165) is 23.8 Å². The number of carboxylic acids is 1. The van der Waals surface area contributed by atoms with Crippen LogP contribution in [0.25, 0.3) is 0 Å². The molecule has 1 aromatic heterocycles. The van der Waals surface area contributed by atoms with Crippen LogP contribution < -0.4 is 0 Å². The van der Waals surface area contributed by atoms with Gasteiger partial charge >= 0.3 is 5.97 Å². The summed E-state index contributed by atoms with van der Waals surface area (Å²) in [6.07, 6.45) is 1.87. The van der Waals surface area contributed by atoms with Crippen LogP contribution in [-0.4, -0.2) is 31.6 Å². The summed E-state index contributed by atoms with van der Waals surface area (Å²) in [4.78, 5) is 10.8. The highest BCUT2D eigenvalue weighted by Crippen LogP contribution is 2.52. The number of aryl methyl sites for hydroxylation is 1. The molecule has 110 valence electrons. The SMILES string of the molecule is CCc1nnc(SCC(=O)O)n1C1CC1c1ccccc1. The predicted octanol–water partition coefficient (Wildman–Crippen LogP) is 2.75. The molecular formula is C15H17N3O2S. The summed E-state index contributed by atoms with van der Waals surface area (Å²) in [6.45, 7) is 2.05. The van der Waals surface area contributed by atoms with E-state index in [-0.39, 0.29) is 5.75 Å². The van der Waals surface area contributed by atoms with Crippen molar-refractivity contribution in [3.8, 4) is 0 Å². The first kappa shape index (κ1) is 14.1. The lowest BCUT2D eigenvalue weighted by Gasteiger charge is -2.08. The second-order valence-electron chi connectivity index (χ2n) is 5.12. The van der Waals surface area contributed by atoms with Crippen molar-refractivity contribution in [3.63, 3.8) is 0 Å². The maximum absolute atomic E-state index is 10.8. The molecule has 0 spiro atoms. The fourth-order valence-corrected chi connectivity index (χ4v) is 3.36. The quantitative estimate of drug-likeness (QED) is 0.831. The molecule has 1 N–H and O–H groups in total. The van der Waals surface area contributed by atoms with Crippen molar-refractivity contribution in [1.82, 2.24) is 14.8 Å². The summed E-state index contributed by atoms with van der Waals surface area (Å²) in [7, 11) is 0. The van der Waals surface area contributed by atoms with Gasteiger partial charge in [0.25, 0.3) is 0 Å². The Morgan fingerprint density at radius 3 is 2.81 bits per heavy atom. The van der Waals surface area contributed by atoms with Crippen molar-refractivity contribution in [1.29, 1.82) is 0 Å². The van der Waals surface area contributed by atoms with Gasteiger partial charge in [0.2, 0.25) is 0 Å². The van der Waals surface area contributed by atoms with Crippen LogP contribution in [0.5, 0.6) is 0 Å². The molecule has 21 heavy (non-hydrogen) atoms. The lowest BCUT2D eigenvalue weighted by molar-refractivity contribution is -0.133. The Labute approximate surface area is 127 Å². The topological polar surface area (TPSA) is 68.0 Å². The number of nitrogens with zero attached hydrogens (tertiary/aromatic N) is 3. The van der Waals surface area contributed by atoms with Gasteiger partial charge in [-0.05, 0) is 12.0 Å². The zero-order valence-electron chi connectivity index (χ0n) is 11.8. The lowest BCUT2D eigenvalue weighted by atomic mass is 10.1. The fourth-order valence-electron chi connectivity index (χ4n) is 2.63. The fraction of sp³-hybridized carbons (Fsp3) is 0.400. The smallest absolute Gasteiger partial charge is 0.313 e. The number of aliphatic carboxylic acids is 1. The van der Waals surface area contributed by atoms with Crippen LogP contribution in [0.15, 0.2) is 35.5 Å². The van der Waals surface area contributed by atoms with E-state index in [1.54, 1.807) is 0 Å². The van der Waals surface area contributed by atoms with Crippen LogP contribution >= 0.6 is 11.8 Å². The third-order valence-corrected chi connectivity index (χ3v) is 4.62. The molecule has 0 aliphatic heterocycles. The monoisotopic (exact) mass is 303 g/mol. The summed E-state index contributed by atoms with van der Waals surface area (Å²) in [5, 5.41) is 17.9. The average Bonchev–Trinajstić information content (AvgIpc) is 3.18. The Bertz CT molecular complexity index is 642. The molecule has 1 aliphatic carbocycles. The summed E-state index contributed by atoms with van der Waals surface area (Å²) < 4.78 is 2.13. The number of thioether (sulfide) groups is 1. The maximum Gasteiger partial charge on any atom is 0.313 e. The van der Waals surface area contributed by atoms with Gasteiger partial charge in [-0.1, -0.05) is 49.0 Å². The van der Waals surface area contributed by atoms with Gasteiger partial charge in [0.15, 0.2) is 5.16 Å². The first-order chi connectivity index (χ1) is 10.2. The standard InChI is InChI=1S/C15H17N3O2S/c1-2-13-16-17-15(21-9-14(19)20)18(13)12-8-11(12)10-6-4-3-5-7-10/h3-7,11-12H,2,8-9H2,1H3,(H,19,20). The van der Waals surface area contributed by atoms with Crippen LogP contribution in [0, 0.1) is 0 Å². The number of carbonyl (C=O) groups is 1. The van der Waals surface area contributed by atoms with Crippen molar-refractivity contribution in [3.05, 3.63) is 41.7 Å². The van der Waals surface area contributed by atoms with E-state index in [2.05, 4.69) is 39.0 Å². The van der Waals surface area contributed by atoms with Crippen molar-refractivity contribution in [2.75, 3.05) is 5.75 Å². The minimum Gasteiger partial charge on any atom is -0.481 e. The van der Waals surface area contributed by atoms with Crippen molar-refractivity contribution in [2.45, 2.75) is 36.9 Å². The minimum absolute atomic E-state index is 0.0184. The van der Waals surface area contributed by atoms with Gasteiger partial charge < -0.3 is 9.67 Å². The van der Waals surface area contributed by atoms with Crippen molar-refractivity contribution >= 4 is 17.7 Å². The number of benzene rings is 1. The molecule has 1 fully saturated rings. The minimum atomic E-state index is -0.831. The molecule has 2 aromatic rings. The van der Waals surface area contributed by atoms with E-state index in [9.17, 15) is 4.79 Å². The van der Waals surface area contributed by atoms with E-state index in [0.29, 0.717) is 12.0 Å². The van der Waals surface area contributed by atoms with Crippen LogP contribution in [0.2, 0.25) is 0 Å². The second kappa shape index (κ2) is 5.89. The second-order valence-corrected chi connectivity index (χ2v) is 6.07. The van der Waals surface area contributed by atoms with Crippen molar-refractivity contribution in [2.24, 2.45) is 0 Å². The van der Waals surface area contributed by atoms with Gasteiger partial charge in [-0.3, -0.25) is 4.79 Å². The zero-order valence-corrected chi connectivity index (χ0v) is 12.6. The van der Waals surface area contributed by atoms with E-state index in [1.807, 2.05) is 13.0 Å². The summed E-state index contributed by atoms with van der Waals surface area (Å²) in [5.41, 5.74) is 1.33. The Hall–Kier alpha value is -1.82. The molecule has 5 nitrogen and oxygen atoms in total. The number of hydrogen-bond donors (Lipinski definition) is 1. The Morgan fingerprint density at radius 2 is 2.14 bits per heavy atom. The van der Waals surface area contributed by atoms with Crippen LogP contribution in [-0.2, 0) is 11.2 Å². The zero-order chi connectivity index (χ0) is 14.8. The number of carboxylic acid groups (broad SMARTS) is 1. The first-order valence-corrected chi connectivity index (χ1v) is 8.02. The molecule has 1 aromatic carbocycles. The predicted molar refractivity (Wildman–Crippen MR) is 80.6 cm³/mol. The van der Waals surface area contributed by atoms with Gasteiger partial charge in [0.05, 0.1) is 5.75 Å². The van der Waals surface area contributed by atoms with E-state index < -0.39 is 5.97 Å². The maximum atomic E-state index is 10.8. The number of aromatic nitrogens is 3. The molecular weight excluding hydrogens is 286 g/mol. The van der Waals surface area contributed by atoms with Crippen LogP contribution in [0.1, 0.15) is 36.7 Å². The van der Waals surface area contributed by atoms with Gasteiger partial charge in [-0.15, -0.1) is 10.2 Å². The molecule has 0 saturated heterocycles. The van der Waals surface area contributed by atoms with Crippen molar-refractivity contribution < 1.29 is 9.90 Å². The van der Waals surface area contributed by atoms with Gasteiger partial charge in [0, 0.05) is 18.4 Å². The van der Waals surface area contributed by atoms with Gasteiger partial charge in [-0.2, -0.15) is 0 Å². The molecule has 2 unspecified atom stereocenters. The van der Waals surface area contributed by atoms with Crippen LogP contribution in [0.3, 0.4) is 0 Å². The third kappa shape index (κ3) is 2.95. The summed E-state index contributed by atoms with van der Waals surface area (Å²) >= 11 is 1.25. The largest absolute Gasteiger partial charge is 0.481 e. The molecule has 6 heteroatoms. The lowest BCUT2D eigenvalue weighted by Crippen LogP contribution is -2.05. The highest BCUT2D eigenvalue weighted by Gasteiger charge is 2.42. The molecule has 3 rings (SSSR count). The number of hydrogen-bond acceptors (Lipinski definition) is 4. The average molecular weight is 303 g/mol. The Kier molecular flexibility index (Phi) is 3.96. The Balaban J connectivity index is 1.82. The highest BCUT2D eigenvalue weighted by atomic mass is 32.2. The third-order valence-electron chi connectivity index (χ3n) is 3.69. The first-order valence-electron chi connectivity index (χ1n) is 7.04. The van der Waals surface area contributed by atoms with Gasteiger partial charge in [0.1, 0.15) is 5.82 Å². The summed E-state index contributed by atoms with van der Waals surface area (Å²) in [5.74, 6) is 0.607. The molecule has 1 heterocycles. The Morgan fingerprint density at radius 1 is 1.38 bits per heavy atom. The molecule has 2 atom stereocenters. The number of rotatable bonds is 6. The van der Waals surface area contributed by atoms with Crippen LogP contribution in [0.4, 0.5) is 0 Å². The van der Waals surface area contributed by atoms with Gasteiger partial charge in [-0.25, -0.2) is 0 Å². The molecule has 0 radical (unpaired) electrons. The molecule has 1 aliphatic rings. The van der Waals surface area contributed by atoms with E-state index in [4.69, 9.17) is 5.11 Å². The molecule has 0 amide bonds.